The first-order valence-corrected chi connectivity index (χ1v) is 6.61. The maximum Gasteiger partial charge on any atom is 0.315 e. The Kier molecular flexibility index (Phi) is 6.73. The third-order valence-corrected chi connectivity index (χ3v) is 3.60. The van der Waals surface area contributed by atoms with Gasteiger partial charge in [0.2, 0.25) is 0 Å². The predicted octanol–water partition coefficient (Wildman–Crippen LogP) is 3.99. The number of hydrogen-bond acceptors (Lipinski definition) is 2. The highest BCUT2D eigenvalue weighted by Crippen LogP contribution is 2.31. The summed E-state index contributed by atoms with van der Waals surface area (Å²) in [6.07, 6.45) is 0.843. The van der Waals surface area contributed by atoms with Crippen molar-refractivity contribution in [3.05, 3.63) is 0 Å². The average Bonchev–Trinajstić information content (AvgIpc) is 2.28. The van der Waals surface area contributed by atoms with E-state index < -0.39 is 12.1 Å². The van der Waals surface area contributed by atoms with Gasteiger partial charge in [0, 0.05) is 0 Å². The van der Waals surface area contributed by atoms with Crippen LogP contribution in [-0.4, -0.2) is 18.7 Å². The first kappa shape index (κ1) is 16.4. The minimum atomic E-state index is -0.942. The van der Waals surface area contributed by atoms with E-state index >= 15 is 0 Å². The minimum Gasteiger partial charge on any atom is -0.461 e. The van der Waals surface area contributed by atoms with Crippen LogP contribution in [0, 0.1) is 17.3 Å². The van der Waals surface area contributed by atoms with Crippen LogP contribution in [0.3, 0.4) is 0 Å². The van der Waals surface area contributed by atoms with Crippen molar-refractivity contribution < 1.29 is 13.9 Å². The van der Waals surface area contributed by atoms with Crippen LogP contribution < -0.4 is 0 Å². The topological polar surface area (TPSA) is 26.3 Å². The number of hydrogen-bond donors (Lipinski definition) is 0. The van der Waals surface area contributed by atoms with E-state index in [0.717, 1.165) is 0 Å². The van der Waals surface area contributed by atoms with E-state index in [1.54, 1.807) is 0 Å². The highest BCUT2D eigenvalue weighted by atomic mass is 19.1. The number of halogens is 1. The molecule has 2 nitrogen and oxygen atoms in total. The van der Waals surface area contributed by atoms with E-state index in [0.29, 0.717) is 12.8 Å². The predicted molar refractivity (Wildman–Crippen MR) is 68.5 cm³/mol. The summed E-state index contributed by atoms with van der Waals surface area (Å²) >= 11 is 0. The van der Waals surface area contributed by atoms with Gasteiger partial charge in [0.1, 0.15) is 12.8 Å². The van der Waals surface area contributed by atoms with E-state index in [-0.39, 0.29) is 23.9 Å². The van der Waals surface area contributed by atoms with Gasteiger partial charge in [-0.1, -0.05) is 41.5 Å². The standard InChI is InChI=1S/C14H27FO2/c1-7-14(8-2,9-15)13(16)17-12(10(3)4)11(5)6/h10-12H,7-9H2,1-6H3. The van der Waals surface area contributed by atoms with Crippen LogP contribution in [0.15, 0.2) is 0 Å². The third-order valence-electron chi connectivity index (χ3n) is 3.60. The molecule has 0 aliphatic heterocycles. The molecule has 0 atom stereocenters. The fourth-order valence-electron chi connectivity index (χ4n) is 2.07. The lowest BCUT2D eigenvalue weighted by molar-refractivity contribution is -0.168. The largest absolute Gasteiger partial charge is 0.461 e. The van der Waals surface area contributed by atoms with Crippen molar-refractivity contribution in [2.24, 2.45) is 17.3 Å². The summed E-state index contributed by atoms with van der Waals surface area (Å²) in [7, 11) is 0. The molecule has 3 heteroatoms. The van der Waals surface area contributed by atoms with Crippen LogP contribution in [0.4, 0.5) is 4.39 Å². The van der Waals surface area contributed by atoms with Crippen LogP contribution >= 0.6 is 0 Å². The third kappa shape index (κ3) is 3.97. The molecule has 0 rings (SSSR count). The summed E-state index contributed by atoms with van der Waals surface area (Å²) in [5.41, 5.74) is -0.942. The molecular formula is C14H27FO2. The van der Waals surface area contributed by atoms with Crippen molar-refractivity contribution in [2.75, 3.05) is 6.67 Å². The summed E-state index contributed by atoms with van der Waals surface area (Å²) in [6, 6.07) is 0. The molecular weight excluding hydrogens is 219 g/mol. The first-order valence-electron chi connectivity index (χ1n) is 6.61. The fraction of sp³-hybridized carbons (Fsp3) is 0.929. The molecule has 0 heterocycles. The Morgan fingerprint density at radius 2 is 1.53 bits per heavy atom. The highest BCUT2D eigenvalue weighted by Gasteiger charge is 2.38. The summed E-state index contributed by atoms with van der Waals surface area (Å²) in [6.45, 7) is 11.1. The molecule has 0 aliphatic carbocycles. The first-order chi connectivity index (χ1) is 7.84. The van der Waals surface area contributed by atoms with Crippen LogP contribution in [-0.2, 0) is 9.53 Å². The van der Waals surface area contributed by atoms with Gasteiger partial charge < -0.3 is 4.74 Å². The van der Waals surface area contributed by atoms with Gasteiger partial charge in [0.05, 0.1) is 5.41 Å². The van der Waals surface area contributed by atoms with Gasteiger partial charge in [0.25, 0.3) is 0 Å². The maximum absolute atomic E-state index is 13.1. The molecule has 0 saturated carbocycles. The normalized spacial score (nSPS) is 12.6. The van der Waals surface area contributed by atoms with Crippen molar-refractivity contribution in [3.8, 4) is 0 Å². The second-order valence-electron chi connectivity index (χ2n) is 5.48. The zero-order valence-electron chi connectivity index (χ0n) is 12.0. The van der Waals surface area contributed by atoms with Crippen LogP contribution in [0.25, 0.3) is 0 Å². The van der Waals surface area contributed by atoms with Crippen LogP contribution in [0.1, 0.15) is 54.4 Å². The van der Waals surface area contributed by atoms with Crippen LogP contribution in [0.2, 0.25) is 0 Å². The van der Waals surface area contributed by atoms with E-state index in [9.17, 15) is 9.18 Å². The molecule has 0 aromatic heterocycles. The van der Waals surface area contributed by atoms with E-state index in [1.807, 2.05) is 41.5 Å². The molecule has 0 aromatic carbocycles. The Morgan fingerprint density at radius 1 is 1.12 bits per heavy atom. The molecule has 0 spiro atoms. The van der Waals surface area contributed by atoms with Gasteiger partial charge in [-0.2, -0.15) is 0 Å². The van der Waals surface area contributed by atoms with Crippen LogP contribution in [0.5, 0.6) is 0 Å². The summed E-state index contributed by atoms with van der Waals surface area (Å²) in [5.74, 6) is 0.132. The molecule has 0 amide bonds. The quantitative estimate of drug-likeness (QED) is 0.635. The molecule has 102 valence electrons. The number of ether oxygens (including phenoxy) is 1. The SMILES string of the molecule is CCC(CC)(CF)C(=O)OC(C(C)C)C(C)C. The second-order valence-corrected chi connectivity index (χ2v) is 5.48. The minimum absolute atomic E-state index is 0.133. The second kappa shape index (κ2) is 6.97. The number of alkyl halides is 1. The zero-order chi connectivity index (χ0) is 13.6. The van der Waals surface area contributed by atoms with Crippen molar-refractivity contribution in [2.45, 2.75) is 60.5 Å². The summed E-state index contributed by atoms with van der Waals surface area (Å²) in [4.78, 5) is 12.1. The lowest BCUT2D eigenvalue weighted by atomic mass is 9.83. The van der Waals surface area contributed by atoms with Gasteiger partial charge >= 0.3 is 5.97 Å². The Morgan fingerprint density at radius 3 is 1.76 bits per heavy atom. The Bertz CT molecular complexity index is 216. The van der Waals surface area contributed by atoms with Gasteiger partial charge in [-0.25, -0.2) is 4.39 Å². The van der Waals surface area contributed by atoms with Gasteiger partial charge in [-0.05, 0) is 24.7 Å². The Balaban J connectivity index is 4.80. The molecule has 0 aromatic rings. The van der Waals surface area contributed by atoms with E-state index in [2.05, 4.69) is 0 Å². The van der Waals surface area contributed by atoms with E-state index in [4.69, 9.17) is 4.74 Å². The molecule has 0 radical (unpaired) electrons. The van der Waals surface area contributed by atoms with Gasteiger partial charge in [-0.3, -0.25) is 4.79 Å². The maximum atomic E-state index is 13.1. The molecule has 0 saturated heterocycles. The monoisotopic (exact) mass is 246 g/mol. The Labute approximate surface area is 105 Å². The molecule has 0 aliphatic rings. The van der Waals surface area contributed by atoms with Crippen molar-refractivity contribution in [1.82, 2.24) is 0 Å². The Hall–Kier alpha value is -0.600. The van der Waals surface area contributed by atoms with Gasteiger partial charge in [0.15, 0.2) is 0 Å². The molecule has 0 unspecified atom stereocenters. The highest BCUT2D eigenvalue weighted by molar-refractivity contribution is 5.77. The molecule has 17 heavy (non-hydrogen) atoms. The number of esters is 1. The van der Waals surface area contributed by atoms with Crippen molar-refractivity contribution in [3.63, 3.8) is 0 Å². The van der Waals surface area contributed by atoms with Crippen molar-refractivity contribution >= 4 is 5.97 Å². The molecule has 0 N–H and O–H groups in total. The lowest BCUT2D eigenvalue weighted by Gasteiger charge is -2.32. The number of rotatable bonds is 7. The van der Waals surface area contributed by atoms with Gasteiger partial charge in [-0.15, -0.1) is 0 Å². The number of carbonyl (C=O) groups excluding carboxylic acids is 1. The van der Waals surface area contributed by atoms with E-state index in [1.165, 1.54) is 0 Å². The summed E-state index contributed by atoms with van der Waals surface area (Å²) in [5, 5.41) is 0. The fourth-order valence-corrected chi connectivity index (χ4v) is 2.07. The average molecular weight is 246 g/mol. The number of carbonyl (C=O) groups is 1. The summed E-state index contributed by atoms with van der Waals surface area (Å²) < 4.78 is 18.6. The zero-order valence-corrected chi connectivity index (χ0v) is 12.0. The smallest absolute Gasteiger partial charge is 0.315 e. The molecule has 0 fully saturated rings. The lowest BCUT2D eigenvalue weighted by Crippen LogP contribution is -2.39. The van der Waals surface area contributed by atoms with Crippen molar-refractivity contribution in [1.29, 1.82) is 0 Å². The molecule has 0 bridgehead atoms.